The third-order valence-electron chi connectivity index (χ3n) is 8.19. The van der Waals surface area contributed by atoms with Gasteiger partial charge in [-0.1, -0.05) is 33.6 Å². The first kappa shape index (κ1) is 28.1. The van der Waals surface area contributed by atoms with Crippen molar-refractivity contribution in [2.24, 2.45) is 16.3 Å². The number of nitrogens with one attached hydrogen (secondary N) is 1. The van der Waals surface area contributed by atoms with Crippen molar-refractivity contribution in [3.8, 4) is 0 Å². The van der Waals surface area contributed by atoms with Crippen molar-refractivity contribution >= 4 is 39.8 Å². The number of nitro benzene ring substituents is 1. The number of rotatable bonds is 7. The van der Waals surface area contributed by atoms with Gasteiger partial charge in [0.2, 0.25) is 0 Å². The first-order chi connectivity index (χ1) is 19.2. The molecule has 212 valence electrons. The predicted octanol–water partition coefficient (Wildman–Crippen LogP) is 7.46. The molecule has 0 spiro atoms. The normalized spacial score (nSPS) is 18.0. The van der Waals surface area contributed by atoms with Gasteiger partial charge in [-0.05, 0) is 67.2 Å². The number of hydrogen-bond acceptors (Lipinski definition) is 7. The average Bonchev–Trinajstić information content (AvgIpc) is 3.49. The van der Waals surface area contributed by atoms with E-state index in [1.807, 2.05) is 12.1 Å². The zero-order valence-electron chi connectivity index (χ0n) is 23.6. The Labute approximate surface area is 239 Å². The van der Waals surface area contributed by atoms with Crippen molar-refractivity contribution in [1.29, 1.82) is 0 Å². The van der Waals surface area contributed by atoms with Crippen LogP contribution in [0.5, 0.6) is 0 Å². The van der Waals surface area contributed by atoms with Crippen LogP contribution in [-0.4, -0.2) is 30.1 Å². The lowest BCUT2D eigenvalue weighted by atomic mass is 9.72. The average molecular weight is 563 g/mol. The molecule has 5 rings (SSSR count). The standard InChI is InChI=1S/C31H38N4O4S/c1-31(2,3)22-10-12-25-27(18-22)40-30(28(25)29(36)32-20-24-9-8-16-39-24)33-19-21-17-23(35(37)38)11-13-26(21)34-14-6-4-5-7-15-34/h8-9,11,13,16-17,19,22H,4-7,10,12,14-15,18,20H2,1-3H3,(H,32,36)/t22-/m0/s1. The van der Waals surface area contributed by atoms with Gasteiger partial charge in [0, 0.05) is 47.6 Å². The molecular formula is C31H38N4O4S. The highest BCUT2D eigenvalue weighted by atomic mass is 32.1. The largest absolute Gasteiger partial charge is 0.467 e. The molecule has 3 heterocycles. The number of thiophene rings is 1. The molecule has 1 aliphatic heterocycles. The van der Waals surface area contributed by atoms with E-state index in [2.05, 4.69) is 31.0 Å². The highest BCUT2D eigenvalue weighted by Gasteiger charge is 2.33. The van der Waals surface area contributed by atoms with E-state index in [9.17, 15) is 14.9 Å². The number of furan rings is 1. The summed E-state index contributed by atoms with van der Waals surface area (Å²) in [6.07, 6.45) is 10.7. The lowest BCUT2D eigenvalue weighted by Gasteiger charge is -2.33. The summed E-state index contributed by atoms with van der Waals surface area (Å²) in [6.45, 7) is 8.96. The molecule has 8 nitrogen and oxygen atoms in total. The molecule has 1 aliphatic carbocycles. The van der Waals surface area contributed by atoms with E-state index >= 15 is 0 Å². The summed E-state index contributed by atoms with van der Waals surface area (Å²) in [5, 5.41) is 15.3. The second-order valence-electron chi connectivity index (χ2n) is 11.9. The number of fused-ring (bicyclic) bond motifs is 1. The number of benzene rings is 1. The third-order valence-corrected chi connectivity index (χ3v) is 9.35. The van der Waals surface area contributed by atoms with Crippen LogP contribution >= 0.6 is 11.3 Å². The predicted molar refractivity (Wildman–Crippen MR) is 160 cm³/mol. The van der Waals surface area contributed by atoms with Crippen LogP contribution < -0.4 is 10.2 Å². The summed E-state index contributed by atoms with van der Waals surface area (Å²) in [6, 6.07) is 8.65. The van der Waals surface area contributed by atoms with E-state index in [4.69, 9.17) is 9.41 Å². The van der Waals surface area contributed by atoms with E-state index in [0.717, 1.165) is 56.4 Å². The van der Waals surface area contributed by atoms with E-state index in [-0.39, 0.29) is 21.9 Å². The lowest BCUT2D eigenvalue weighted by molar-refractivity contribution is -0.384. The molecule has 3 aromatic rings. The molecule has 0 unspecified atom stereocenters. The van der Waals surface area contributed by atoms with Gasteiger partial charge in [0.05, 0.1) is 23.3 Å². The van der Waals surface area contributed by atoms with Crippen LogP contribution in [-0.2, 0) is 19.4 Å². The molecule has 2 aromatic heterocycles. The molecule has 2 aliphatic rings. The van der Waals surface area contributed by atoms with Gasteiger partial charge in [0.1, 0.15) is 10.8 Å². The van der Waals surface area contributed by atoms with Crippen LogP contribution in [0.3, 0.4) is 0 Å². The fourth-order valence-electron chi connectivity index (χ4n) is 5.79. The number of nitrogens with zero attached hydrogens (tertiary/aromatic N) is 3. The van der Waals surface area contributed by atoms with E-state index < -0.39 is 0 Å². The van der Waals surface area contributed by atoms with Crippen molar-refractivity contribution in [1.82, 2.24) is 5.32 Å². The fraction of sp³-hybridized carbons (Fsp3) is 0.484. The van der Waals surface area contributed by atoms with Crippen molar-refractivity contribution in [3.63, 3.8) is 0 Å². The number of aliphatic imine (C=N–C) groups is 1. The van der Waals surface area contributed by atoms with Gasteiger partial charge in [0.25, 0.3) is 11.6 Å². The number of nitro groups is 1. The molecule has 40 heavy (non-hydrogen) atoms. The summed E-state index contributed by atoms with van der Waals surface area (Å²) in [4.78, 5) is 33.2. The Bertz CT molecular complexity index is 1380. The van der Waals surface area contributed by atoms with Gasteiger partial charge >= 0.3 is 0 Å². The van der Waals surface area contributed by atoms with Gasteiger partial charge in [-0.25, -0.2) is 4.99 Å². The van der Waals surface area contributed by atoms with Gasteiger partial charge in [0.15, 0.2) is 0 Å². The lowest BCUT2D eigenvalue weighted by Crippen LogP contribution is -2.28. The Hall–Kier alpha value is -3.46. The number of carbonyl (C=O) groups is 1. The van der Waals surface area contributed by atoms with Gasteiger partial charge in [-0.15, -0.1) is 11.3 Å². The van der Waals surface area contributed by atoms with Gasteiger partial charge < -0.3 is 14.6 Å². The Morgan fingerprint density at radius 1 is 1.23 bits per heavy atom. The maximum Gasteiger partial charge on any atom is 0.270 e. The monoisotopic (exact) mass is 562 g/mol. The summed E-state index contributed by atoms with van der Waals surface area (Å²) in [5.41, 5.74) is 3.58. The minimum Gasteiger partial charge on any atom is -0.467 e. The molecule has 0 saturated carbocycles. The molecule has 0 bridgehead atoms. The van der Waals surface area contributed by atoms with Crippen LogP contribution in [0.2, 0.25) is 0 Å². The Morgan fingerprint density at radius 3 is 2.67 bits per heavy atom. The molecule has 1 aromatic carbocycles. The molecule has 1 amide bonds. The molecule has 0 radical (unpaired) electrons. The van der Waals surface area contributed by atoms with E-state index in [1.54, 1.807) is 42.0 Å². The highest BCUT2D eigenvalue weighted by molar-refractivity contribution is 7.16. The smallest absolute Gasteiger partial charge is 0.270 e. The van der Waals surface area contributed by atoms with E-state index in [1.165, 1.54) is 17.7 Å². The number of amides is 1. The second kappa shape index (κ2) is 12.0. The zero-order chi connectivity index (χ0) is 28.3. The number of carbonyl (C=O) groups excluding carboxylic acids is 1. The zero-order valence-corrected chi connectivity index (χ0v) is 24.4. The van der Waals surface area contributed by atoms with Gasteiger partial charge in [-0.2, -0.15) is 0 Å². The maximum atomic E-state index is 13.6. The van der Waals surface area contributed by atoms with Crippen molar-refractivity contribution in [3.05, 3.63) is 74.0 Å². The molecule has 1 N–H and O–H groups in total. The molecule has 1 saturated heterocycles. The summed E-state index contributed by atoms with van der Waals surface area (Å²) in [5.74, 6) is 1.05. The van der Waals surface area contributed by atoms with Crippen molar-refractivity contribution < 1.29 is 14.1 Å². The van der Waals surface area contributed by atoms with Crippen molar-refractivity contribution in [2.45, 2.75) is 72.3 Å². The van der Waals surface area contributed by atoms with Crippen LogP contribution in [0.15, 0.2) is 46.0 Å². The molecule has 1 fully saturated rings. The summed E-state index contributed by atoms with van der Waals surface area (Å²) in [7, 11) is 0. The fourth-order valence-corrected chi connectivity index (χ4v) is 7.06. The van der Waals surface area contributed by atoms with Crippen LogP contribution in [0.1, 0.15) is 85.0 Å². The number of anilines is 1. The summed E-state index contributed by atoms with van der Waals surface area (Å²) < 4.78 is 5.41. The Kier molecular flexibility index (Phi) is 8.40. The Morgan fingerprint density at radius 2 is 2.00 bits per heavy atom. The first-order valence-electron chi connectivity index (χ1n) is 14.2. The minimum atomic E-state index is -0.368. The quantitative estimate of drug-likeness (QED) is 0.183. The van der Waals surface area contributed by atoms with Crippen LogP contribution in [0.25, 0.3) is 0 Å². The van der Waals surface area contributed by atoms with Crippen LogP contribution in [0, 0.1) is 21.4 Å². The number of hydrogen-bond donors (Lipinski definition) is 1. The Balaban J connectivity index is 1.51. The third kappa shape index (κ3) is 6.30. The topological polar surface area (TPSA) is 101 Å². The first-order valence-corrected chi connectivity index (χ1v) is 15.0. The SMILES string of the molecule is CC(C)(C)[C@H]1CCc2c(sc(N=Cc3cc([N+](=O)[O-])ccc3N3CCCCCC3)c2C(=O)NCc2ccco2)C1. The van der Waals surface area contributed by atoms with Crippen LogP contribution in [0.4, 0.5) is 16.4 Å². The second-order valence-corrected chi connectivity index (χ2v) is 13.0. The summed E-state index contributed by atoms with van der Waals surface area (Å²) >= 11 is 1.58. The molecule has 1 atom stereocenters. The number of non-ortho nitro benzene ring substituents is 1. The molecule has 9 heteroatoms. The maximum absolute atomic E-state index is 13.6. The minimum absolute atomic E-state index is 0.0370. The molecular weight excluding hydrogens is 524 g/mol. The highest BCUT2D eigenvalue weighted by Crippen LogP contribution is 2.45. The van der Waals surface area contributed by atoms with Gasteiger partial charge in [-0.3, -0.25) is 14.9 Å². The van der Waals surface area contributed by atoms with E-state index in [0.29, 0.717) is 34.4 Å². The van der Waals surface area contributed by atoms with Crippen molar-refractivity contribution in [2.75, 3.05) is 18.0 Å².